The molecule has 0 aromatic carbocycles. The Morgan fingerprint density at radius 1 is 1.78 bits per heavy atom. The molecule has 0 bridgehead atoms. The molecule has 0 heterocycles. The van der Waals surface area contributed by atoms with E-state index in [0.29, 0.717) is 0 Å². The summed E-state index contributed by atoms with van der Waals surface area (Å²) >= 11 is 0. The predicted octanol–water partition coefficient (Wildman–Crippen LogP) is -1.56. The van der Waals surface area contributed by atoms with E-state index in [1.807, 2.05) is 0 Å². The van der Waals surface area contributed by atoms with Gasteiger partial charge in [0, 0.05) is 29.6 Å². The third kappa shape index (κ3) is 3.97. The molecule has 0 aliphatic heterocycles. The van der Waals surface area contributed by atoms with E-state index in [1.165, 1.54) is 6.07 Å². The van der Waals surface area contributed by atoms with Crippen molar-refractivity contribution in [2.45, 2.75) is 0 Å². The first kappa shape index (κ1) is 11.3. The van der Waals surface area contributed by atoms with Gasteiger partial charge < -0.3 is 10.9 Å². The minimum atomic E-state index is -1.03. The number of amides is 1. The summed E-state index contributed by atoms with van der Waals surface area (Å²) in [6.45, 7) is 0. The molecule has 0 fully saturated rings. The van der Waals surface area contributed by atoms with Crippen LogP contribution in [-0.4, -0.2) is 46.4 Å². The number of oxime groups is 1. The molecule has 1 radical (unpaired) electrons. The Bertz CT molecular complexity index is 170. The summed E-state index contributed by atoms with van der Waals surface area (Å²) in [5.74, 6) is -1.03. The van der Waals surface area contributed by atoms with Gasteiger partial charge in [-0.3, -0.25) is 4.79 Å². The van der Waals surface area contributed by atoms with Crippen LogP contribution in [0.3, 0.4) is 0 Å². The van der Waals surface area contributed by atoms with E-state index in [1.54, 1.807) is 0 Å². The van der Waals surface area contributed by atoms with Gasteiger partial charge in [0.15, 0.2) is 0 Å². The first-order chi connectivity index (χ1) is 3.72. The number of hydrogen-bond donors (Lipinski definition) is 2. The maximum absolute atomic E-state index is 9.87. The Balaban J connectivity index is 0. The summed E-state index contributed by atoms with van der Waals surface area (Å²) in [6, 6.07) is 1.28. The summed E-state index contributed by atoms with van der Waals surface area (Å²) in [4.78, 5) is 9.87. The summed E-state index contributed by atoms with van der Waals surface area (Å²) in [5, 5.41) is 17.9. The van der Waals surface area contributed by atoms with Gasteiger partial charge in [0.2, 0.25) is 5.71 Å². The number of primary amides is 1. The molecule has 0 spiro atoms. The fourth-order valence-electron chi connectivity index (χ4n) is 0.127. The van der Waals surface area contributed by atoms with Crippen LogP contribution < -0.4 is 5.73 Å². The Morgan fingerprint density at radius 3 is 2.22 bits per heavy atom. The maximum Gasteiger partial charge on any atom is 0.281 e. The van der Waals surface area contributed by atoms with Crippen LogP contribution in [0.1, 0.15) is 0 Å². The minimum Gasteiger partial charge on any atom is -0.410 e. The zero-order chi connectivity index (χ0) is 6.57. The largest absolute Gasteiger partial charge is 0.410 e. The molecule has 0 saturated carbocycles. The molecular weight excluding hydrogens is 133 g/mol. The predicted molar refractivity (Wildman–Crippen MR) is 29.8 cm³/mol. The number of carbonyl (C=O) groups excluding carboxylic acids is 1. The molecule has 5 nitrogen and oxygen atoms in total. The first-order valence-corrected chi connectivity index (χ1v) is 1.64. The number of nitrogens with two attached hydrogens (primary N) is 1. The van der Waals surface area contributed by atoms with Gasteiger partial charge in [-0.15, -0.1) is 0 Å². The molecule has 43 valence electrons. The number of carbonyl (C=O) groups is 1. The molecule has 3 N–H and O–H groups in total. The summed E-state index contributed by atoms with van der Waals surface area (Å²) < 4.78 is 0. The molecule has 1 amide bonds. The smallest absolute Gasteiger partial charge is 0.281 e. The average molecular weight is 136 g/mol. The second kappa shape index (κ2) is 5.56. The van der Waals surface area contributed by atoms with Gasteiger partial charge in [-0.1, -0.05) is 5.16 Å². The molecule has 6 heteroatoms. The summed E-state index contributed by atoms with van der Waals surface area (Å²) in [5.41, 5.74) is 3.82. The normalized spacial score (nSPS) is 9.00. The van der Waals surface area contributed by atoms with Crippen LogP contribution in [0.15, 0.2) is 5.16 Å². The SMILES string of the molecule is N#CC(=NO)C(N)=O.[Na]. The molecule has 9 heavy (non-hydrogen) atoms. The molecular formula is C3H3N3NaO2. The van der Waals surface area contributed by atoms with Gasteiger partial charge >= 0.3 is 0 Å². The zero-order valence-corrected chi connectivity index (χ0v) is 6.83. The van der Waals surface area contributed by atoms with Crippen molar-refractivity contribution >= 4 is 41.2 Å². The third-order valence-electron chi connectivity index (χ3n) is 0.439. The quantitative estimate of drug-likeness (QED) is 0.197. The third-order valence-corrected chi connectivity index (χ3v) is 0.439. The fraction of sp³-hybridized carbons (Fsp3) is 0. The Labute approximate surface area is 73.4 Å². The molecule has 0 unspecified atom stereocenters. The maximum atomic E-state index is 9.87. The van der Waals surface area contributed by atoms with Gasteiger partial charge in [0.05, 0.1) is 0 Å². The Kier molecular flexibility index (Phi) is 6.96. The fourth-order valence-corrected chi connectivity index (χ4v) is 0.127. The molecule has 0 atom stereocenters. The Morgan fingerprint density at radius 2 is 2.22 bits per heavy atom. The van der Waals surface area contributed by atoms with Gasteiger partial charge in [0.1, 0.15) is 6.07 Å². The van der Waals surface area contributed by atoms with Crippen molar-refractivity contribution in [1.82, 2.24) is 0 Å². The Hall–Kier alpha value is -0.570. The van der Waals surface area contributed by atoms with Crippen molar-refractivity contribution in [3.63, 3.8) is 0 Å². The van der Waals surface area contributed by atoms with Crippen molar-refractivity contribution in [3.8, 4) is 6.07 Å². The van der Waals surface area contributed by atoms with Gasteiger partial charge in [0.25, 0.3) is 5.91 Å². The molecule has 0 aromatic heterocycles. The van der Waals surface area contributed by atoms with Crippen molar-refractivity contribution in [2.75, 3.05) is 0 Å². The number of nitrogens with zero attached hydrogens (tertiary/aromatic N) is 2. The van der Waals surface area contributed by atoms with Crippen LogP contribution in [-0.2, 0) is 4.79 Å². The second-order valence-electron chi connectivity index (χ2n) is 0.925. The molecule has 0 rings (SSSR count). The average Bonchev–Trinajstić information content (AvgIpc) is 1.69. The second-order valence-corrected chi connectivity index (χ2v) is 0.925. The van der Waals surface area contributed by atoms with Crippen LogP contribution in [0.4, 0.5) is 0 Å². The van der Waals surface area contributed by atoms with Crippen LogP contribution in [0.25, 0.3) is 0 Å². The van der Waals surface area contributed by atoms with Gasteiger partial charge in [-0.2, -0.15) is 5.26 Å². The summed E-state index contributed by atoms with van der Waals surface area (Å²) in [7, 11) is 0. The van der Waals surface area contributed by atoms with Crippen LogP contribution in [0.5, 0.6) is 0 Å². The minimum absolute atomic E-state index is 0. The molecule has 0 aliphatic carbocycles. The van der Waals surface area contributed by atoms with E-state index in [9.17, 15) is 4.79 Å². The molecule has 0 aliphatic rings. The van der Waals surface area contributed by atoms with E-state index in [0.717, 1.165) is 0 Å². The first-order valence-electron chi connectivity index (χ1n) is 1.64. The monoisotopic (exact) mass is 136 g/mol. The van der Waals surface area contributed by atoms with E-state index in [4.69, 9.17) is 10.5 Å². The number of hydrogen-bond acceptors (Lipinski definition) is 4. The zero-order valence-electron chi connectivity index (χ0n) is 4.83. The van der Waals surface area contributed by atoms with Crippen molar-refractivity contribution in [3.05, 3.63) is 0 Å². The van der Waals surface area contributed by atoms with E-state index in [-0.39, 0.29) is 29.6 Å². The molecule has 0 aromatic rings. The molecule has 0 saturated heterocycles. The van der Waals surface area contributed by atoms with E-state index < -0.39 is 11.6 Å². The van der Waals surface area contributed by atoms with E-state index >= 15 is 0 Å². The standard InChI is InChI=1S/C3H3N3O2.Na/c4-1-2(6-8)3(5)7;/h8H,(H2,5,7);. The topological polar surface area (TPSA) is 99.5 Å². The van der Waals surface area contributed by atoms with Crippen molar-refractivity contribution in [1.29, 1.82) is 5.26 Å². The number of rotatable bonds is 1. The van der Waals surface area contributed by atoms with Gasteiger partial charge in [-0.25, -0.2) is 0 Å². The van der Waals surface area contributed by atoms with Gasteiger partial charge in [-0.05, 0) is 0 Å². The van der Waals surface area contributed by atoms with Crippen LogP contribution >= 0.6 is 0 Å². The van der Waals surface area contributed by atoms with Crippen LogP contribution in [0.2, 0.25) is 0 Å². The van der Waals surface area contributed by atoms with E-state index in [2.05, 4.69) is 10.9 Å². The van der Waals surface area contributed by atoms with Crippen LogP contribution in [0, 0.1) is 11.3 Å². The number of nitriles is 1. The van der Waals surface area contributed by atoms with Crippen molar-refractivity contribution < 1.29 is 10.0 Å². The van der Waals surface area contributed by atoms with Crippen molar-refractivity contribution in [2.24, 2.45) is 10.9 Å². The summed E-state index contributed by atoms with van der Waals surface area (Å²) in [6.07, 6.45) is 0.